The van der Waals surface area contributed by atoms with Crippen LogP contribution < -0.4 is 15.4 Å². The Bertz CT molecular complexity index is 1040. The number of hydrogen-bond donors (Lipinski definition) is 3. The van der Waals surface area contributed by atoms with E-state index in [1.165, 1.54) is 0 Å². The molecule has 8 heteroatoms. The zero-order chi connectivity index (χ0) is 22.4. The maximum Gasteiger partial charge on any atom is 0.222 e. The molecule has 3 rings (SSSR count). The highest BCUT2D eigenvalue weighted by Crippen LogP contribution is 2.34. The minimum Gasteiger partial charge on any atom is -0.477 e. The van der Waals surface area contributed by atoms with Crippen molar-refractivity contribution in [1.82, 2.24) is 19.5 Å². The molecule has 0 radical (unpaired) electrons. The number of aromatic nitrogens is 4. The highest BCUT2D eigenvalue weighted by Gasteiger charge is 2.21. The molecule has 0 aromatic carbocycles. The van der Waals surface area contributed by atoms with E-state index >= 15 is 0 Å². The molecular formula is C23H31N7O. The van der Waals surface area contributed by atoms with Gasteiger partial charge in [-0.15, -0.1) is 0 Å². The van der Waals surface area contributed by atoms with Crippen LogP contribution in [0.4, 0.5) is 11.5 Å². The van der Waals surface area contributed by atoms with Crippen LogP contribution in [0.5, 0.6) is 5.88 Å². The molecule has 0 aliphatic rings. The van der Waals surface area contributed by atoms with Crippen LogP contribution in [-0.4, -0.2) is 38.9 Å². The van der Waals surface area contributed by atoms with E-state index in [9.17, 15) is 0 Å². The van der Waals surface area contributed by atoms with Crippen molar-refractivity contribution in [3.8, 4) is 17.1 Å². The van der Waals surface area contributed by atoms with Gasteiger partial charge in [0.25, 0.3) is 0 Å². The number of hydrogen-bond acceptors (Lipinski definition) is 7. The van der Waals surface area contributed by atoms with Crippen LogP contribution in [0.2, 0.25) is 0 Å². The average molecular weight is 422 g/mol. The van der Waals surface area contributed by atoms with Crippen LogP contribution in [0.1, 0.15) is 38.4 Å². The van der Waals surface area contributed by atoms with Crippen LogP contribution >= 0.6 is 0 Å². The molecule has 0 amide bonds. The lowest BCUT2D eigenvalue weighted by Crippen LogP contribution is -2.16. The van der Waals surface area contributed by atoms with Gasteiger partial charge < -0.3 is 25.3 Å². The number of imidazole rings is 1. The van der Waals surface area contributed by atoms with Gasteiger partial charge >= 0.3 is 0 Å². The summed E-state index contributed by atoms with van der Waals surface area (Å²) in [4.78, 5) is 13.6. The molecule has 0 unspecified atom stereocenters. The first-order chi connectivity index (χ1) is 14.9. The van der Waals surface area contributed by atoms with Gasteiger partial charge in [-0.3, -0.25) is 0 Å². The van der Waals surface area contributed by atoms with Gasteiger partial charge in [0.2, 0.25) is 5.88 Å². The largest absolute Gasteiger partial charge is 0.477 e. The second-order valence-corrected chi connectivity index (χ2v) is 7.69. The summed E-state index contributed by atoms with van der Waals surface area (Å²) in [7, 11) is 3.77. The maximum absolute atomic E-state index is 8.69. The molecule has 3 aromatic heterocycles. The van der Waals surface area contributed by atoms with E-state index in [0.717, 1.165) is 34.6 Å². The van der Waals surface area contributed by atoms with Crippen LogP contribution in [0.25, 0.3) is 11.3 Å². The van der Waals surface area contributed by atoms with E-state index in [2.05, 4.69) is 27.5 Å². The molecule has 31 heavy (non-hydrogen) atoms. The normalized spacial score (nSPS) is 10.9. The van der Waals surface area contributed by atoms with Gasteiger partial charge in [-0.05, 0) is 30.5 Å². The fraction of sp³-hybridized carbons (Fsp3) is 0.391. The lowest BCUT2D eigenvalue weighted by atomic mass is 9.97. The van der Waals surface area contributed by atoms with Gasteiger partial charge in [0.05, 0.1) is 42.0 Å². The molecule has 0 spiro atoms. The van der Waals surface area contributed by atoms with Gasteiger partial charge in [-0.25, -0.2) is 15.0 Å². The van der Waals surface area contributed by atoms with Gasteiger partial charge in [-0.2, -0.15) is 0 Å². The summed E-state index contributed by atoms with van der Waals surface area (Å²) in [6.07, 6.45) is 6.36. The van der Waals surface area contributed by atoms with Crippen molar-refractivity contribution < 1.29 is 4.74 Å². The fourth-order valence-corrected chi connectivity index (χ4v) is 3.21. The predicted octanol–water partition coefficient (Wildman–Crippen LogP) is 4.34. The number of nitrogens with one attached hydrogen (secondary N) is 3. The number of nitrogens with zero attached hydrogens (tertiary/aromatic N) is 4. The van der Waals surface area contributed by atoms with Crippen LogP contribution in [-0.2, 0) is 13.6 Å². The Morgan fingerprint density at radius 3 is 2.74 bits per heavy atom. The third-order valence-electron chi connectivity index (χ3n) is 4.81. The lowest BCUT2D eigenvalue weighted by Gasteiger charge is -2.20. The van der Waals surface area contributed by atoms with Crippen molar-refractivity contribution in [2.75, 3.05) is 24.3 Å². The van der Waals surface area contributed by atoms with E-state index in [4.69, 9.17) is 15.1 Å². The Morgan fingerprint density at radius 1 is 1.29 bits per heavy atom. The summed E-state index contributed by atoms with van der Waals surface area (Å²) in [6.45, 7) is 7.21. The summed E-state index contributed by atoms with van der Waals surface area (Å²) < 4.78 is 7.77. The maximum atomic E-state index is 8.69. The average Bonchev–Trinajstić information content (AvgIpc) is 3.20. The Morgan fingerprint density at radius 2 is 2.10 bits per heavy atom. The first kappa shape index (κ1) is 22.3. The minimum absolute atomic E-state index is 0.0528. The van der Waals surface area contributed by atoms with Crippen LogP contribution in [0.3, 0.4) is 0 Å². The summed E-state index contributed by atoms with van der Waals surface area (Å²) in [5.74, 6) is 1.25. The molecule has 0 fully saturated rings. The molecule has 8 nitrogen and oxygen atoms in total. The topological polar surface area (TPSA) is 101 Å². The van der Waals surface area contributed by atoms with Gasteiger partial charge in [0.1, 0.15) is 5.82 Å². The van der Waals surface area contributed by atoms with E-state index in [0.29, 0.717) is 30.6 Å². The summed E-state index contributed by atoms with van der Waals surface area (Å²) in [6, 6.07) is 5.79. The summed E-state index contributed by atoms with van der Waals surface area (Å²) in [5, 5.41) is 15.3. The summed E-state index contributed by atoms with van der Waals surface area (Å²) in [5.41, 5.74) is 4.56. The molecule has 0 saturated heterocycles. The molecule has 0 aliphatic carbocycles. The van der Waals surface area contributed by atoms with Crippen molar-refractivity contribution in [1.29, 1.82) is 5.41 Å². The van der Waals surface area contributed by atoms with Crippen LogP contribution in [0, 0.1) is 11.3 Å². The highest BCUT2D eigenvalue weighted by molar-refractivity contribution is 6.08. The van der Waals surface area contributed by atoms with Crippen molar-refractivity contribution in [2.45, 2.75) is 33.7 Å². The number of ether oxygens (including phenoxy) is 1. The van der Waals surface area contributed by atoms with Gasteiger partial charge in [0.15, 0.2) is 0 Å². The second-order valence-electron chi connectivity index (χ2n) is 7.69. The molecule has 3 aromatic rings. The fourth-order valence-electron chi connectivity index (χ4n) is 3.21. The van der Waals surface area contributed by atoms with Crippen molar-refractivity contribution in [3.05, 3.63) is 48.2 Å². The first-order valence-corrected chi connectivity index (χ1v) is 10.5. The van der Waals surface area contributed by atoms with Crippen molar-refractivity contribution >= 4 is 17.2 Å². The van der Waals surface area contributed by atoms with Crippen molar-refractivity contribution in [2.24, 2.45) is 13.0 Å². The molecule has 0 bridgehead atoms. The van der Waals surface area contributed by atoms with E-state index in [1.807, 2.05) is 56.9 Å². The zero-order valence-electron chi connectivity index (χ0n) is 18.9. The number of pyridine rings is 2. The number of rotatable bonds is 10. The molecule has 164 valence electrons. The van der Waals surface area contributed by atoms with E-state index < -0.39 is 0 Å². The highest BCUT2D eigenvalue weighted by atomic mass is 16.5. The third-order valence-corrected chi connectivity index (χ3v) is 4.81. The molecule has 3 heterocycles. The minimum atomic E-state index is 0.0528. The Labute approximate surface area is 183 Å². The number of anilines is 2. The van der Waals surface area contributed by atoms with E-state index in [-0.39, 0.29) is 5.92 Å². The molecular weight excluding hydrogens is 390 g/mol. The van der Waals surface area contributed by atoms with Crippen LogP contribution in [0.15, 0.2) is 36.9 Å². The Hall–Kier alpha value is -3.42. The third kappa shape index (κ3) is 5.20. The lowest BCUT2D eigenvalue weighted by molar-refractivity contribution is 0.306. The van der Waals surface area contributed by atoms with Gasteiger partial charge in [0, 0.05) is 37.9 Å². The first-order valence-electron chi connectivity index (χ1n) is 10.5. The molecule has 3 N–H and O–H groups in total. The SMILES string of the molecule is CCCOc1ncccc1-c1cc(NCc2cn(C)cn2)c(C(=N)C(C)C)c(NC)n1. The van der Waals surface area contributed by atoms with Gasteiger partial charge in [-0.1, -0.05) is 20.8 Å². The number of aryl methyl sites for hydroxylation is 1. The zero-order valence-corrected chi connectivity index (χ0v) is 18.9. The quantitative estimate of drug-likeness (QED) is 0.421. The molecule has 0 aliphatic heterocycles. The molecule has 0 saturated carbocycles. The van der Waals surface area contributed by atoms with E-state index in [1.54, 1.807) is 12.5 Å². The Kier molecular flexibility index (Phi) is 7.23. The second kappa shape index (κ2) is 10.1. The van der Waals surface area contributed by atoms with Crippen molar-refractivity contribution in [3.63, 3.8) is 0 Å². The monoisotopic (exact) mass is 421 g/mol. The summed E-state index contributed by atoms with van der Waals surface area (Å²) >= 11 is 0. The smallest absolute Gasteiger partial charge is 0.222 e. The molecule has 0 atom stereocenters. The standard InChI is InChI=1S/C23H31N7O/c1-6-10-31-23-17(8-7-9-26-23)18-11-19(27-12-16-13-30(5)14-28-16)20(21(24)15(2)3)22(25-4)29-18/h7-9,11,13-15,24H,6,10,12H2,1-5H3,(H2,25,27,29). The predicted molar refractivity (Wildman–Crippen MR) is 125 cm³/mol. The Balaban J connectivity index is 2.08.